The molecular formula is C12H12N2OS. The Kier molecular flexibility index (Phi) is 2.46. The lowest BCUT2D eigenvalue weighted by Crippen LogP contribution is -2.07. The van der Waals surface area contributed by atoms with Gasteiger partial charge in [0.1, 0.15) is 5.01 Å². The molecule has 1 unspecified atom stereocenters. The molecule has 0 saturated carbocycles. The predicted octanol–water partition coefficient (Wildman–Crippen LogP) is 2.57. The molecule has 2 aromatic rings. The van der Waals surface area contributed by atoms with E-state index in [1.807, 2.05) is 18.2 Å². The van der Waals surface area contributed by atoms with E-state index >= 15 is 0 Å². The molecule has 1 atom stereocenters. The van der Waals surface area contributed by atoms with Gasteiger partial charge in [0, 0.05) is 11.1 Å². The smallest absolute Gasteiger partial charge is 0.142 e. The molecule has 2 heterocycles. The van der Waals surface area contributed by atoms with Gasteiger partial charge in [0.25, 0.3) is 0 Å². The fourth-order valence-electron chi connectivity index (χ4n) is 1.99. The van der Waals surface area contributed by atoms with E-state index in [1.165, 1.54) is 4.88 Å². The highest BCUT2D eigenvalue weighted by atomic mass is 32.1. The van der Waals surface area contributed by atoms with Crippen LogP contribution >= 0.6 is 11.3 Å². The average Bonchev–Trinajstić information content (AvgIpc) is 2.76. The summed E-state index contributed by atoms with van der Waals surface area (Å²) in [5.41, 5.74) is 1.77. The molecule has 0 spiro atoms. The van der Waals surface area contributed by atoms with Crippen LogP contribution in [0.1, 0.15) is 29.5 Å². The number of aryl methyl sites for hydroxylation is 1. The molecule has 0 aliphatic heterocycles. The van der Waals surface area contributed by atoms with Crippen LogP contribution in [-0.4, -0.2) is 15.1 Å². The summed E-state index contributed by atoms with van der Waals surface area (Å²) in [5, 5.41) is 10.8. The van der Waals surface area contributed by atoms with E-state index in [0.29, 0.717) is 0 Å². The number of aliphatic hydroxyl groups excluding tert-OH is 1. The zero-order valence-corrected chi connectivity index (χ0v) is 9.57. The van der Waals surface area contributed by atoms with Crippen LogP contribution in [0.3, 0.4) is 0 Å². The Balaban J connectivity index is 2.05. The van der Waals surface area contributed by atoms with Crippen LogP contribution in [0.25, 0.3) is 10.7 Å². The first-order chi connectivity index (χ1) is 7.84. The maximum absolute atomic E-state index is 9.85. The Bertz CT molecular complexity index is 495. The molecule has 0 bridgehead atoms. The zero-order chi connectivity index (χ0) is 11.0. The van der Waals surface area contributed by atoms with Crippen molar-refractivity contribution < 1.29 is 5.11 Å². The standard InChI is InChI=1S/C12H12N2OS/c15-9-5-3-6-10-11(9)14-12(16-10)8-4-1-2-7-13-8/h1-2,4,7,9,15H,3,5-6H2. The normalized spacial score (nSPS) is 19.4. The first-order valence-corrected chi connectivity index (χ1v) is 6.25. The molecule has 0 radical (unpaired) electrons. The molecule has 0 fully saturated rings. The first-order valence-electron chi connectivity index (χ1n) is 5.43. The molecule has 1 N–H and O–H groups in total. The van der Waals surface area contributed by atoms with Crippen LogP contribution in [0, 0.1) is 0 Å². The van der Waals surface area contributed by atoms with E-state index in [1.54, 1.807) is 17.5 Å². The van der Waals surface area contributed by atoms with Gasteiger partial charge < -0.3 is 5.11 Å². The second-order valence-electron chi connectivity index (χ2n) is 3.95. The summed E-state index contributed by atoms with van der Waals surface area (Å²) in [6.45, 7) is 0. The maximum atomic E-state index is 9.85. The van der Waals surface area contributed by atoms with Crippen molar-refractivity contribution in [1.29, 1.82) is 0 Å². The van der Waals surface area contributed by atoms with Crippen molar-refractivity contribution >= 4 is 11.3 Å². The van der Waals surface area contributed by atoms with Crippen molar-refractivity contribution in [2.75, 3.05) is 0 Å². The van der Waals surface area contributed by atoms with Crippen molar-refractivity contribution in [3.63, 3.8) is 0 Å². The predicted molar refractivity (Wildman–Crippen MR) is 63.2 cm³/mol. The zero-order valence-electron chi connectivity index (χ0n) is 8.76. The molecule has 3 nitrogen and oxygen atoms in total. The maximum Gasteiger partial charge on any atom is 0.142 e. The minimum absolute atomic E-state index is 0.377. The number of aliphatic hydroxyl groups is 1. The minimum atomic E-state index is -0.377. The minimum Gasteiger partial charge on any atom is -0.387 e. The molecule has 16 heavy (non-hydrogen) atoms. The van der Waals surface area contributed by atoms with Gasteiger partial charge in [-0.05, 0) is 31.4 Å². The fourth-order valence-corrected chi connectivity index (χ4v) is 3.13. The second kappa shape index (κ2) is 3.96. The molecule has 1 aliphatic rings. The summed E-state index contributed by atoms with van der Waals surface area (Å²) in [4.78, 5) is 10.0. The third-order valence-electron chi connectivity index (χ3n) is 2.81. The highest BCUT2D eigenvalue weighted by Gasteiger charge is 2.23. The first kappa shape index (κ1) is 9.93. The highest BCUT2D eigenvalue weighted by molar-refractivity contribution is 7.15. The Morgan fingerprint density at radius 1 is 1.38 bits per heavy atom. The molecule has 4 heteroatoms. The highest BCUT2D eigenvalue weighted by Crippen LogP contribution is 2.36. The lowest BCUT2D eigenvalue weighted by atomic mass is 10.0. The molecule has 0 saturated heterocycles. The number of pyridine rings is 1. The van der Waals surface area contributed by atoms with Gasteiger partial charge in [-0.15, -0.1) is 11.3 Å². The SMILES string of the molecule is OC1CCCc2sc(-c3ccccn3)nc21. The van der Waals surface area contributed by atoms with Gasteiger partial charge in [0.05, 0.1) is 17.5 Å². The quantitative estimate of drug-likeness (QED) is 0.822. The monoisotopic (exact) mass is 232 g/mol. The molecule has 0 amide bonds. The average molecular weight is 232 g/mol. The van der Waals surface area contributed by atoms with Gasteiger partial charge in [0.2, 0.25) is 0 Å². The van der Waals surface area contributed by atoms with Crippen molar-refractivity contribution in [1.82, 2.24) is 9.97 Å². The molecule has 82 valence electrons. The Morgan fingerprint density at radius 3 is 3.06 bits per heavy atom. The van der Waals surface area contributed by atoms with Gasteiger partial charge in [-0.2, -0.15) is 0 Å². The second-order valence-corrected chi connectivity index (χ2v) is 5.03. The number of nitrogens with zero attached hydrogens (tertiary/aromatic N) is 2. The Hall–Kier alpha value is -1.26. The van der Waals surface area contributed by atoms with Crippen LogP contribution in [0.15, 0.2) is 24.4 Å². The lowest BCUT2D eigenvalue weighted by Gasteiger charge is -2.14. The summed E-state index contributed by atoms with van der Waals surface area (Å²) in [5.74, 6) is 0. The summed E-state index contributed by atoms with van der Waals surface area (Å²) < 4.78 is 0. The molecule has 2 aromatic heterocycles. The van der Waals surface area contributed by atoms with Crippen LogP contribution in [0.5, 0.6) is 0 Å². The molecule has 0 aromatic carbocycles. The van der Waals surface area contributed by atoms with Crippen LogP contribution in [-0.2, 0) is 6.42 Å². The van der Waals surface area contributed by atoms with E-state index in [4.69, 9.17) is 0 Å². The van der Waals surface area contributed by atoms with Crippen LogP contribution in [0.4, 0.5) is 0 Å². The van der Waals surface area contributed by atoms with E-state index in [0.717, 1.165) is 35.7 Å². The molecule has 3 rings (SSSR count). The van der Waals surface area contributed by atoms with E-state index in [-0.39, 0.29) is 6.10 Å². The van der Waals surface area contributed by atoms with Crippen molar-refractivity contribution in [2.24, 2.45) is 0 Å². The van der Waals surface area contributed by atoms with Crippen molar-refractivity contribution in [3.05, 3.63) is 35.0 Å². The van der Waals surface area contributed by atoms with Crippen molar-refractivity contribution in [3.8, 4) is 10.7 Å². The van der Waals surface area contributed by atoms with E-state index in [2.05, 4.69) is 9.97 Å². The molecule has 1 aliphatic carbocycles. The lowest BCUT2D eigenvalue weighted by molar-refractivity contribution is 0.153. The van der Waals surface area contributed by atoms with Gasteiger partial charge in [-0.3, -0.25) is 4.98 Å². The number of hydrogen-bond acceptors (Lipinski definition) is 4. The van der Waals surface area contributed by atoms with Gasteiger partial charge in [0.15, 0.2) is 0 Å². The van der Waals surface area contributed by atoms with E-state index < -0.39 is 0 Å². The number of aromatic nitrogens is 2. The van der Waals surface area contributed by atoms with Crippen LogP contribution in [0.2, 0.25) is 0 Å². The van der Waals surface area contributed by atoms with E-state index in [9.17, 15) is 5.11 Å². The fraction of sp³-hybridized carbons (Fsp3) is 0.333. The van der Waals surface area contributed by atoms with Gasteiger partial charge in [-0.1, -0.05) is 6.07 Å². The topological polar surface area (TPSA) is 46.0 Å². The summed E-state index contributed by atoms with van der Waals surface area (Å²) in [6, 6.07) is 5.81. The Morgan fingerprint density at radius 2 is 2.31 bits per heavy atom. The van der Waals surface area contributed by atoms with Crippen molar-refractivity contribution in [2.45, 2.75) is 25.4 Å². The molecular weight excluding hydrogens is 220 g/mol. The van der Waals surface area contributed by atoms with Crippen LogP contribution < -0.4 is 0 Å². The summed E-state index contributed by atoms with van der Waals surface area (Å²) in [7, 11) is 0. The largest absolute Gasteiger partial charge is 0.387 e. The Labute approximate surface area is 97.8 Å². The number of thiazole rings is 1. The third kappa shape index (κ3) is 1.64. The number of rotatable bonds is 1. The summed E-state index contributed by atoms with van der Waals surface area (Å²) in [6.07, 6.45) is 4.32. The van der Waals surface area contributed by atoms with Gasteiger partial charge >= 0.3 is 0 Å². The number of fused-ring (bicyclic) bond motifs is 1. The summed E-state index contributed by atoms with van der Waals surface area (Å²) >= 11 is 1.66. The van der Waals surface area contributed by atoms with Gasteiger partial charge in [-0.25, -0.2) is 4.98 Å². The number of hydrogen-bond donors (Lipinski definition) is 1. The third-order valence-corrected chi connectivity index (χ3v) is 3.96.